The number of aliphatic hydroxyl groups is 1. The monoisotopic (exact) mass is 730 g/mol. The number of carboxylic acids is 1. The standard InChI is InChI=1S/C34H42N4O10S2/c1-35-49(43,44)30-7-4-6-29(18-30)47-23-28(39)21-36-26-20-34(48-22-26)13-15-38(16-14-34)50(45,46)31-8-3-5-25(17-31)24-9-11-27(12-10-24)37(2)32(40)19-33(41)42/h3-12,17-18,26,28,35-36,39H,13-16,19-23H2,1-2H3,(H,41,42). The number of aliphatic hydroxyl groups excluding tert-OH is 1. The molecule has 0 radical (unpaired) electrons. The third-order valence-electron chi connectivity index (χ3n) is 9.05. The summed E-state index contributed by atoms with van der Waals surface area (Å²) in [5.74, 6) is -1.44. The summed E-state index contributed by atoms with van der Waals surface area (Å²) in [5.41, 5.74) is 1.48. The molecule has 0 aromatic heterocycles. The molecule has 1 amide bonds. The normalized spacial score (nSPS) is 18.5. The molecule has 3 aromatic rings. The van der Waals surface area contributed by atoms with Gasteiger partial charge < -0.3 is 29.9 Å². The molecule has 4 N–H and O–H groups in total. The van der Waals surface area contributed by atoms with Gasteiger partial charge in [0.1, 0.15) is 24.9 Å². The Morgan fingerprint density at radius 1 is 1.00 bits per heavy atom. The van der Waals surface area contributed by atoms with Gasteiger partial charge in [-0.05, 0) is 73.8 Å². The van der Waals surface area contributed by atoms with Crippen LogP contribution >= 0.6 is 0 Å². The van der Waals surface area contributed by atoms with Crippen LogP contribution in [0.4, 0.5) is 5.69 Å². The molecule has 2 aliphatic rings. The molecule has 1 spiro atoms. The minimum absolute atomic E-state index is 0.0324. The molecule has 5 rings (SSSR count). The Labute approximate surface area is 292 Å². The summed E-state index contributed by atoms with van der Waals surface area (Å²) in [7, 11) is -4.58. The maximum atomic E-state index is 13.7. The highest BCUT2D eigenvalue weighted by Gasteiger charge is 2.44. The Morgan fingerprint density at radius 2 is 1.68 bits per heavy atom. The van der Waals surface area contributed by atoms with Gasteiger partial charge in [0.15, 0.2) is 0 Å². The Bertz CT molecular complexity index is 1900. The highest BCUT2D eigenvalue weighted by atomic mass is 32.2. The molecule has 2 heterocycles. The molecular weight excluding hydrogens is 689 g/mol. The minimum atomic E-state index is -3.79. The number of hydrogen-bond acceptors (Lipinski definition) is 10. The molecule has 14 nitrogen and oxygen atoms in total. The third-order valence-corrected chi connectivity index (χ3v) is 12.4. The van der Waals surface area contributed by atoms with Gasteiger partial charge in [0, 0.05) is 44.5 Å². The lowest BCUT2D eigenvalue weighted by Crippen LogP contribution is -2.47. The van der Waals surface area contributed by atoms with E-state index in [1.807, 2.05) is 0 Å². The number of carbonyl (C=O) groups excluding carboxylic acids is 1. The zero-order valence-electron chi connectivity index (χ0n) is 27.8. The van der Waals surface area contributed by atoms with Crippen LogP contribution in [0.15, 0.2) is 82.6 Å². The highest BCUT2D eigenvalue weighted by Crippen LogP contribution is 2.38. The number of carboxylic acid groups (broad SMARTS) is 1. The van der Waals surface area contributed by atoms with Crippen molar-refractivity contribution >= 4 is 37.6 Å². The molecule has 0 saturated carbocycles. The van der Waals surface area contributed by atoms with E-state index < -0.39 is 50.0 Å². The summed E-state index contributed by atoms with van der Waals surface area (Å²) in [6.45, 7) is 1.21. The van der Waals surface area contributed by atoms with Gasteiger partial charge >= 0.3 is 5.97 Å². The van der Waals surface area contributed by atoms with E-state index >= 15 is 0 Å². The van der Waals surface area contributed by atoms with Crippen molar-refractivity contribution in [2.75, 3.05) is 51.8 Å². The molecule has 0 aliphatic carbocycles. The van der Waals surface area contributed by atoms with Crippen LogP contribution < -0.4 is 19.7 Å². The largest absolute Gasteiger partial charge is 0.491 e. The van der Waals surface area contributed by atoms with Crippen LogP contribution in [0.2, 0.25) is 0 Å². The molecule has 270 valence electrons. The van der Waals surface area contributed by atoms with Crippen molar-refractivity contribution in [3.63, 3.8) is 0 Å². The van der Waals surface area contributed by atoms with Crippen molar-refractivity contribution in [1.82, 2.24) is 14.3 Å². The van der Waals surface area contributed by atoms with Crippen molar-refractivity contribution < 1.29 is 46.1 Å². The molecule has 2 atom stereocenters. The molecule has 2 fully saturated rings. The number of nitrogens with zero attached hydrogens (tertiary/aromatic N) is 2. The van der Waals surface area contributed by atoms with Crippen LogP contribution in [0.1, 0.15) is 25.7 Å². The number of anilines is 1. The molecule has 2 saturated heterocycles. The zero-order valence-corrected chi connectivity index (χ0v) is 29.5. The summed E-state index contributed by atoms with van der Waals surface area (Å²) in [4.78, 5) is 24.5. The third kappa shape index (κ3) is 8.87. The summed E-state index contributed by atoms with van der Waals surface area (Å²) in [6.07, 6.45) is 0.244. The van der Waals surface area contributed by atoms with Crippen molar-refractivity contribution in [2.24, 2.45) is 0 Å². The highest BCUT2D eigenvalue weighted by molar-refractivity contribution is 7.89. The Morgan fingerprint density at radius 3 is 2.36 bits per heavy atom. The van der Waals surface area contributed by atoms with Crippen LogP contribution in [0.25, 0.3) is 11.1 Å². The van der Waals surface area contributed by atoms with Crippen LogP contribution in [-0.2, 0) is 34.4 Å². The Kier molecular flexibility index (Phi) is 11.6. The molecule has 0 bridgehead atoms. The maximum Gasteiger partial charge on any atom is 0.312 e. The second-order valence-electron chi connectivity index (χ2n) is 12.5. The fourth-order valence-corrected chi connectivity index (χ4v) is 8.37. The number of nitrogens with one attached hydrogen (secondary N) is 2. The fourth-order valence-electron chi connectivity index (χ4n) is 6.12. The van der Waals surface area contributed by atoms with Crippen LogP contribution in [0.5, 0.6) is 5.75 Å². The summed E-state index contributed by atoms with van der Waals surface area (Å²) in [6, 6.07) is 19.5. The summed E-state index contributed by atoms with van der Waals surface area (Å²) < 4.78 is 67.0. The van der Waals surface area contributed by atoms with E-state index in [2.05, 4.69) is 10.0 Å². The summed E-state index contributed by atoms with van der Waals surface area (Å²) in [5, 5.41) is 22.7. The molecule has 3 aromatic carbocycles. The number of rotatable bonds is 14. The second-order valence-corrected chi connectivity index (χ2v) is 16.3. The zero-order chi connectivity index (χ0) is 36.1. The minimum Gasteiger partial charge on any atom is -0.491 e. The summed E-state index contributed by atoms with van der Waals surface area (Å²) >= 11 is 0. The predicted molar refractivity (Wildman–Crippen MR) is 185 cm³/mol. The second kappa shape index (κ2) is 15.6. The Balaban J connectivity index is 1.11. The number of piperidine rings is 1. The number of carbonyl (C=O) groups is 2. The molecule has 2 aliphatic heterocycles. The lowest BCUT2D eigenvalue weighted by Gasteiger charge is -2.38. The maximum absolute atomic E-state index is 13.7. The van der Waals surface area contributed by atoms with Crippen LogP contribution in [0.3, 0.4) is 0 Å². The van der Waals surface area contributed by atoms with Gasteiger partial charge in [-0.25, -0.2) is 21.6 Å². The smallest absolute Gasteiger partial charge is 0.312 e. The van der Waals surface area contributed by atoms with E-state index in [1.165, 1.54) is 35.4 Å². The average Bonchev–Trinajstić information content (AvgIpc) is 3.51. The van der Waals surface area contributed by atoms with E-state index in [0.717, 1.165) is 5.56 Å². The van der Waals surface area contributed by atoms with Gasteiger partial charge in [0.25, 0.3) is 0 Å². The van der Waals surface area contributed by atoms with Gasteiger partial charge in [0.2, 0.25) is 26.0 Å². The molecule has 2 unspecified atom stereocenters. The number of benzene rings is 3. The van der Waals surface area contributed by atoms with Gasteiger partial charge in [0.05, 0.1) is 22.0 Å². The van der Waals surface area contributed by atoms with E-state index in [-0.39, 0.29) is 29.0 Å². The average molecular weight is 731 g/mol. The van der Waals surface area contributed by atoms with E-state index in [0.29, 0.717) is 56.0 Å². The number of amides is 1. The SMILES string of the molecule is CNS(=O)(=O)c1cccc(OCC(O)CNC2COC3(CCN(S(=O)(=O)c4cccc(-c5ccc(N(C)C(=O)CC(=O)O)cc5)c4)CC3)C2)c1. The van der Waals surface area contributed by atoms with E-state index in [9.17, 15) is 31.5 Å². The molecule has 50 heavy (non-hydrogen) atoms. The number of sulfonamides is 2. The first-order valence-corrected chi connectivity index (χ1v) is 19.0. The van der Waals surface area contributed by atoms with Gasteiger partial charge in [-0.2, -0.15) is 4.31 Å². The van der Waals surface area contributed by atoms with E-state index in [1.54, 1.807) is 60.7 Å². The van der Waals surface area contributed by atoms with Gasteiger partial charge in [-0.15, -0.1) is 0 Å². The molecular formula is C34H42N4O10S2. The fraction of sp³-hybridized carbons (Fsp3) is 0.412. The first kappa shape index (κ1) is 37.4. The van der Waals surface area contributed by atoms with E-state index in [4.69, 9.17) is 14.6 Å². The molecule has 16 heteroatoms. The van der Waals surface area contributed by atoms with Gasteiger partial charge in [-0.3, -0.25) is 9.59 Å². The quantitative estimate of drug-likeness (QED) is 0.178. The lowest BCUT2D eigenvalue weighted by molar-refractivity contribution is -0.140. The number of hydrogen-bond donors (Lipinski definition) is 4. The van der Waals surface area contributed by atoms with Crippen molar-refractivity contribution in [1.29, 1.82) is 0 Å². The topological polar surface area (TPSA) is 192 Å². The van der Waals surface area contributed by atoms with Gasteiger partial charge in [-0.1, -0.05) is 30.3 Å². The van der Waals surface area contributed by atoms with Crippen molar-refractivity contribution in [3.05, 3.63) is 72.8 Å². The first-order valence-electron chi connectivity index (χ1n) is 16.1. The number of ether oxygens (including phenoxy) is 2. The van der Waals surface area contributed by atoms with Crippen LogP contribution in [0, 0.1) is 0 Å². The van der Waals surface area contributed by atoms with Crippen molar-refractivity contribution in [3.8, 4) is 16.9 Å². The number of aliphatic carboxylic acids is 1. The first-order chi connectivity index (χ1) is 23.7. The van der Waals surface area contributed by atoms with Crippen molar-refractivity contribution in [2.45, 2.75) is 53.2 Å². The van der Waals surface area contributed by atoms with Crippen LogP contribution in [-0.4, -0.2) is 108 Å². The Hall–Kier alpha value is -3.90. The predicted octanol–water partition coefficient (Wildman–Crippen LogP) is 2.04. The lowest BCUT2D eigenvalue weighted by atomic mass is 9.88.